The minimum atomic E-state index is -2.91. The summed E-state index contributed by atoms with van der Waals surface area (Å²) in [4.78, 5) is 6.84. The zero-order chi connectivity index (χ0) is 16.3. The van der Waals surface area contributed by atoms with Gasteiger partial charge in [0, 0.05) is 30.8 Å². The van der Waals surface area contributed by atoms with Crippen LogP contribution in [0.4, 0.5) is 0 Å². The van der Waals surface area contributed by atoms with Gasteiger partial charge in [-0.15, -0.1) is 0 Å². The van der Waals surface area contributed by atoms with Crippen molar-refractivity contribution in [3.63, 3.8) is 0 Å². The van der Waals surface area contributed by atoms with Gasteiger partial charge in [-0.1, -0.05) is 30.3 Å². The molecule has 1 atom stereocenters. The average molecular weight is 334 g/mol. The van der Waals surface area contributed by atoms with Crippen LogP contribution in [-0.4, -0.2) is 60.1 Å². The van der Waals surface area contributed by atoms with E-state index >= 15 is 0 Å². The molecule has 0 aliphatic carbocycles. The van der Waals surface area contributed by atoms with Crippen LogP contribution in [0.5, 0.6) is 0 Å². The van der Waals surface area contributed by atoms with Crippen molar-refractivity contribution in [2.75, 3.05) is 31.6 Å². The molecule has 0 amide bonds. The highest BCUT2D eigenvalue weighted by molar-refractivity contribution is 7.90. The van der Waals surface area contributed by atoms with E-state index in [4.69, 9.17) is 0 Å². The molecule has 23 heavy (non-hydrogen) atoms. The normalized spacial score (nSPS) is 19.8. The third-order valence-electron chi connectivity index (χ3n) is 4.21. The average Bonchev–Trinajstić information content (AvgIpc) is 3.03. The summed E-state index contributed by atoms with van der Waals surface area (Å²) in [7, 11) is -2.91. The number of aromatic nitrogens is 3. The van der Waals surface area contributed by atoms with E-state index in [1.54, 1.807) is 0 Å². The molecular weight excluding hydrogens is 312 g/mol. The number of sulfone groups is 1. The number of likely N-dealkylation sites (tertiary alicyclic amines) is 1. The molecule has 2 aromatic rings. The van der Waals surface area contributed by atoms with E-state index < -0.39 is 9.84 Å². The zero-order valence-electron chi connectivity index (χ0n) is 13.3. The molecule has 0 saturated carbocycles. The topological polar surface area (TPSA) is 79.0 Å². The monoisotopic (exact) mass is 334 g/mol. The SMILES string of the molecule is CS(=O)(=O)CCN1CCC[C@H](c2nc(-c3ccccc3)n[nH]2)C1. The Morgan fingerprint density at radius 1 is 1.30 bits per heavy atom. The molecule has 1 saturated heterocycles. The molecule has 1 fully saturated rings. The molecule has 0 unspecified atom stereocenters. The lowest BCUT2D eigenvalue weighted by Crippen LogP contribution is -2.37. The van der Waals surface area contributed by atoms with Crippen LogP contribution in [-0.2, 0) is 9.84 Å². The Balaban J connectivity index is 1.66. The Kier molecular flexibility index (Phi) is 4.77. The van der Waals surface area contributed by atoms with E-state index in [0.29, 0.717) is 12.4 Å². The molecule has 3 rings (SSSR count). The van der Waals surface area contributed by atoms with Gasteiger partial charge in [-0.2, -0.15) is 5.10 Å². The van der Waals surface area contributed by atoms with Crippen molar-refractivity contribution in [2.24, 2.45) is 0 Å². The van der Waals surface area contributed by atoms with Gasteiger partial charge in [-0.3, -0.25) is 5.10 Å². The molecule has 124 valence electrons. The number of rotatable bonds is 5. The minimum Gasteiger partial charge on any atom is -0.302 e. The number of hydrogen-bond donors (Lipinski definition) is 1. The Morgan fingerprint density at radius 3 is 2.83 bits per heavy atom. The van der Waals surface area contributed by atoms with Crippen molar-refractivity contribution in [1.29, 1.82) is 0 Å². The van der Waals surface area contributed by atoms with Crippen molar-refractivity contribution in [1.82, 2.24) is 20.1 Å². The summed E-state index contributed by atoms with van der Waals surface area (Å²) in [5, 5.41) is 7.38. The summed E-state index contributed by atoms with van der Waals surface area (Å²) in [6.07, 6.45) is 3.39. The van der Waals surface area contributed by atoms with Crippen LogP contribution in [0.2, 0.25) is 0 Å². The van der Waals surface area contributed by atoms with Gasteiger partial charge in [-0.05, 0) is 19.4 Å². The molecule has 0 radical (unpaired) electrons. The molecule has 1 aliphatic rings. The van der Waals surface area contributed by atoms with Crippen LogP contribution in [0.25, 0.3) is 11.4 Å². The highest BCUT2D eigenvalue weighted by atomic mass is 32.2. The smallest absolute Gasteiger partial charge is 0.181 e. The summed E-state index contributed by atoms with van der Waals surface area (Å²) in [5.74, 6) is 2.11. The predicted molar refractivity (Wildman–Crippen MR) is 89.9 cm³/mol. The highest BCUT2D eigenvalue weighted by Gasteiger charge is 2.24. The Hall–Kier alpha value is -1.73. The van der Waals surface area contributed by atoms with Gasteiger partial charge in [0.2, 0.25) is 0 Å². The van der Waals surface area contributed by atoms with Gasteiger partial charge >= 0.3 is 0 Å². The molecule has 1 aromatic carbocycles. The van der Waals surface area contributed by atoms with Gasteiger partial charge in [0.05, 0.1) is 5.75 Å². The predicted octanol–water partition coefficient (Wildman–Crippen LogP) is 1.70. The fourth-order valence-electron chi connectivity index (χ4n) is 2.95. The lowest BCUT2D eigenvalue weighted by molar-refractivity contribution is 0.215. The summed E-state index contributed by atoms with van der Waals surface area (Å²) in [5.41, 5.74) is 1.000. The second kappa shape index (κ2) is 6.80. The highest BCUT2D eigenvalue weighted by Crippen LogP contribution is 2.25. The maximum atomic E-state index is 11.3. The summed E-state index contributed by atoms with van der Waals surface area (Å²) < 4.78 is 22.7. The lowest BCUT2D eigenvalue weighted by atomic mass is 9.97. The quantitative estimate of drug-likeness (QED) is 0.900. The maximum absolute atomic E-state index is 11.3. The van der Waals surface area contributed by atoms with E-state index in [-0.39, 0.29) is 11.7 Å². The zero-order valence-corrected chi connectivity index (χ0v) is 14.1. The van der Waals surface area contributed by atoms with E-state index in [1.165, 1.54) is 6.26 Å². The number of benzene rings is 1. The van der Waals surface area contributed by atoms with Crippen LogP contribution in [0.3, 0.4) is 0 Å². The summed E-state index contributed by atoms with van der Waals surface area (Å²) >= 11 is 0. The summed E-state index contributed by atoms with van der Waals surface area (Å²) in [6, 6.07) is 9.90. The standard InChI is InChI=1S/C16H22N4O2S/c1-23(21,22)11-10-20-9-5-8-14(12-20)16-17-15(18-19-16)13-6-3-2-4-7-13/h2-4,6-7,14H,5,8-12H2,1H3,(H,17,18,19)/t14-/m0/s1. The second-order valence-electron chi connectivity index (χ2n) is 6.18. The van der Waals surface area contributed by atoms with Crippen molar-refractivity contribution in [2.45, 2.75) is 18.8 Å². The van der Waals surface area contributed by atoms with Crippen molar-refractivity contribution in [3.05, 3.63) is 36.2 Å². The van der Waals surface area contributed by atoms with Gasteiger partial charge in [-0.25, -0.2) is 13.4 Å². The molecule has 6 nitrogen and oxygen atoms in total. The van der Waals surface area contributed by atoms with E-state index in [9.17, 15) is 8.42 Å². The van der Waals surface area contributed by atoms with E-state index in [2.05, 4.69) is 20.1 Å². The summed E-state index contributed by atoms with van der Waals surface area (Å²) in [6.45, 7) is 2.37. The fraction of sp³-hybridized carbons (Fsp3) is 0.500. The number of hydrogen-bond acceptors (Lipinski definition) is 5. The largest absolute Gasteiger partial charge is 0.302 e. The Labute approximate surface area is 136 Å². The first kappa shape index (κ1) is 16.1. The van der Waals surface area contributed by atoms with E-state index in [1.807, 2.05) is 30.3 Å². The van der Waals surface area contributed by atoms with Gasteiger partial charge in [0.1, 0.15) is 15.7 Å². The Morgan fingerprint density at radius 2 is 2.09 bits per heavy atom. The third kappa shape index (κ3) is 4.39. The number of nitrogens with zero attached hydrogens (tertiary/aromatic N) is 3. The van der Waals surface area contributed by atoms with Crippen LogP contribution in [0, 0.1) is 0 Å². The van der Waals surface area contributed by atoms with Crippen LogP contribution in [0.1, 0.15) is 24.6 Å². The first-order valence-corrected chi connectivity index (χ1v) is 9.95. The van der Waals surface area contributed by atoms with Crippen LogP contribution in [0.15, 0.2) is 30.3 Å². The molecule has 1 aliphatic heterocycles. The molecule has 1 N–H and O–H groups in total. The minimum absolute atomic E-state index is 0.214. The van der Waals surface area contributed by atoms with Gasteiger partial charge < -0.3 is 4.90 Å². The Bertz CT molecular complexity index is 742. The first-order chi connectivity index (χ1) is 11.0. The first-order valence-electron chi connectivity index (χ1n) is 7.89. The number of piperidine rings is 1. The van der Waals surface area contributed by atoms with Crippen molar-refractivity contribution >= 4 is 9.84 Å². The molecule has 0 spiro atoms. The number of H-pyrrole nitrogens is 1. The lowest BCUT2D eigenvalue weighted by Gasteiger charge is -2.31. The second-order valence-corrected chi connectivity index (χ2v) is 8.44. The number of aromatic amines is 1. The third-order valence-corrected chi connectivity index (χ3v) is 5.13. The maximum Gasteiger partial charge on any atom is 0.181 e. The fourth-order valence-corrected chi connectivity index (χ4v) is 3.54. The molecule has 2 heterocycles. The van der Waals surface area contributed by atoms with Crippen molar-refractivity contribution < 1.29 is 8.42 Å². The van der Waals surface area contributed by atoms with Gasteiger partial charge in [0.25, 0.3) is 0 Å². The van der Waals surface area contributed by atoms with Crippen molar-refractivity contribution in [3.8, 4) is 11.4 Å². The van der Waals surface area contributed by atoms with Crippen LogP contribution >= 0.6 is 0 Å². The molecule has 7 heteroatoms. The van der Waals surface area contributed by atoms with Crippen LogP contribution < -0.4 is 0 Å². The van der Waals surface area contributed by atoms with E-state index in [0.717, 1.165) is 37.3 Å². The molecule has 0 bridgehead atoms. The molecule has 1 aromatic heterocycles. The molecular formula is C16H22N4O2S. The van der Waals surface area contributed by atoms with Gasteiger partial charge in [0.15, 0.2) is 5.82 Å². The number of nitrogens with one attached hydrogen (secondary N) is 1.